The first-order valence-electron chi connectivity index (χ1n) is 25.6. The molecule has 0 saturated heterocycles. The Kier molecular flexibility index (Phi) is 8.63. The Morgan fingerprint density at radius 3 is 1.59 bits per heavy atom. The van der Waals surface area contributed by atoms with Crippen LogP contribution < -0.4 is 10.9 Å². The van der Waals surface area contributed by atoms with Gasteiger partial charge in [0.1, 0.15) is 0 Å². The lowest BCUT2D eigenvalue weighted by Gasteiger charge is -2.35. The van der Waals surface area contributed by atoms with E-state index in [2.05, 4.69) is 244 Å². The molecule has 0 bridgehead atoms. The van der Waals surface area contributed by atoms with Crippen molar-refractivity contribution in [2.24, 2.45) is 0 Å². The van der Waals surface area contributed by atoms with Gasteiger partial charge < -0.3 is 13.6 Å². The quantitative estimate of drug-likeness (QED) is 0.154. The standard InChI is InChI=1S/C66H64BN3/c1-37-25-38(2)27-45(26-37)68-54-21-17-15-19-46(54)52-36-53-62-58(61(52)68)47-20-16-18-22-55(47)69(62)57-31-40(39-28-42(64(6,7)8)32-43(29-39)65(9,10)11)30-49-51-35-44(66(12,13)14)34-50-48-33-41(63(3,4)5)23-24-56(48)70(60(50)51)67(53)59(49)57/h15-36H,1-14H3. The van der Waals surface area contributed by atoms with Gasteiger partial charge in [-0.3, -0.25) is 0 Å². The van der Waals surface area contributed by atoms with Gasteiger partial charge in [-0.15, -0.1) is 0 Å². The number of aromatic nitrogens is 3. The minimum Gasteiger partial charge on any atom is -0.375 e. The summed E-state index contributed by atoms with van der Waals surface area (Å²) in [6.07, 6.45) is 0. The van der Waals surface area contributed by atoms with Crippen molar-refractivity contribution in [1.29, 1.82) is 0 Å². The summed E-state index contributed by atoms with van der Waals surface area (Å²) < 4.78 is 8.03. The zero-order valence-electron chi connectivity index (χ0n) is 43.6. The van der Waals surface area contributed by atoms with Crippen molar-refractivity contribution in [3.63, 3.8) is 0 Å². The third-order valence-corrected chi connectivity index (χ3v) is 16.2. The highest BCUT2D eigenvalue weighted by atomic mass is 15.0. The van der Waals surface area contributed by atoms with E-state index in [0.29, 0.717) is 0 Å². The van der Waals surface area contributed by atoms with E-state index in [0.717, 1.165) is 0 Å². The molecule has 346 valence electrons. The fourth-order valence-electron chi connectivity index (χ4n) is 12.6. The summed E-state index contributed by atoms with van der Waals surface area (Å²) >= 11 is 0. The van der Waals surface area contributed by atoms with E-state index >= 15 is 0 Å². The molecule has 2 aliphatic rings. The third-order valence-electron chi connectivity index (χ3n) is 16.2. The van der Waals surface area contributed by atoms with E-state index in [1.165, 1.54) is 143 Å². The summed E-state index contributed by atoms with van der Waals surface area (Å²) in [7, 11) is 0. The Bertz CT molecular complexity index is 4060. The average Bonchev–Trinajstić information content (AvgIpc) is 3.93. The van der Waals surface area contributed by atoms with Crippen molar-refractivity contribution >= 4 is 83.2 Å². The molecule has 8 aromatic carbocycles. The van der Waals surface area contributed by atoms with E-state index in [9.17, 15) is 0 Å². The second-order valence-corrected chi connectivity index (χ2v) is 25.3. The van der Waals surface area contributed by atoms with Crippen molar-refractivity contribution in [3.05, 3.63) is 167 Å². The molecule has 0 saturated carbocycles. The maximum Gasteiger partial charge on any atom is 0.333 e. The van der Waals surface area contributed by atoms with E-state index in [1.807, 2.05) is 0 Å². The van der Waals surface area contributed by atoms with E-state index < -0.39 is 0 Å². The van der Waals surface area contributed by atoms with Crippen molar-refractivity contribution in [3.8, 4) is 33.6 Å². The number of hydrogen-bond acceptors (Lipinski definition) is 0. The summed E-state index contributed by atoms with van der Waals surface area (Å²) in [4.78, 5) is 0. The Hall–Kier alpha value is -6.78. The monoisotopic (exact) mass is 910 g/mol. The number of hydrogen-bond donors (Lipinski definition) is 0. The van der Waals surface area contributed by atoms with Gasteiger partial charge in [-0.05, 0) is 157 Å². The molecule has 11 aromatic rings. The van der Waals surface area contributed by atoms with Gasteiger partial charge in [0.15, 0.2) is 0 Å². The topological polar surface area (TPSA) is 14.8 Å². The maximum atomic E-state index is 2.77. The van der Waals surface area contributed by atoms with Crippen LogP contribution in [0.15, 0.2) is 133 Å². The molecule has 4 heteroatoms. The number of para-hydroxylation sites is 2. The first-order valence-corrected chi connectivity index (χ1v) is 25.6. The molecule has 13 rings (SSSR count). The molecule has 0 spiro atoms. The molecular formula is C66H64BN3. The average molecular weight is 910 g/mol. The second kappa shape index (κ2) is 14.0. The smallest absolute Gasteiger partial charge is 0.333 e. The molecule has 0 atom stereocenters. The fraction of sp³-hybridized carbons (Fsp3) is 0.273. The van der Waals surface area contributed by atoms with Crippen LogP contribution in [-0.4, -0.2) is 20.5 Å². The van der Waals surface area contributed by atoms with Crippen LogP contribution >= 0.6 is 0 Å². The SMILES string of the molecule is Cc1cc(C)cc(-n2c3ccccc3c3cc4c5c(c6ccccc6n5-c5cc(-c6cc(C(C)(C)C)cc(C(C)(C)C)c6)cc6c5B4n4c5ccc(C(C)(C)C)cc5c5cc(C(C)(C)C)cc-6c54)c32)c1. The van der Waals surface area contributed by atoms with Crippen molar-refractivity contribution in [2.45, 2.75) is 119 Å². The zero-order valence-corrected chi connectivity index (χ0v) is 43.6. The van der Waals surface area contributed by atoms with Gasteiger partial charge in [-0.2, -0.15) is 0 Å². The van der Waals surface area contributed by atoms with Gasteiger partial charge >= 0.3 is 6.85 Å². The van der Waals surface area contributed by atoms with Crippen LogP contribution in [0, 0.1) is 13.8 Å². The summed E-state index contributed by atoms with van der Waals surface area (Å²) in [6, 6.07) is 53.1. The third kappa shape index (κ3) is 6.01. The van der Waals surface area contributed by atoms with E-state index in [4.69, 9.17) is 0 Å². The number of nitrogens with zero attached hydrogens (tertiary/aromatic N) is 3. The van der Waals surface area contributed by atoms with Crippen molar-refractivity contribution < 1.29 is 0 Å². The van der Waals surface area contributed by atoms with Crippen LogP contribution in [0.1, 0.15) is 116 Å². The van der Waals surface area contributed by atoms with Gasteiger partial charge in [0.2, 0.25) is 0 Å². The van der Waals surface area contributed by atoms with Gasteiger partial charge in [-0.1, -0.05) is 156 Å². The van der Waals surface area contributed by atoms with Crippen molar-refractivity contribution in [2.75, 3.05) is 0 Å². The lowest BCUT2D eigenvalue weighted by Crippen LogP contribution is -2.55. The Labute approximate surface area is 413 Å². The molecule has 70 heavy (non-hydrogen) atoms. The molecule has 0 amide bonds. The Morgan fingerprint density at radius 1 is 0.386 bits per heavy atom. The number of aryl methyl sites for hydroxylation is 2. The Balaban J connectivity index is 1.27. The van der Waals surface area contributed by atoms with E-state index in [1.54, 1.807) is 0 Å². The molecule has 0 aliphatic carbocycles. The summed E-state index contributed by atoms with van der Waals surface area (Å²) in [5.74, 6) is 0. The minimum absolute atomic E-state index is 0.00117. The second-order valence-electron chi connectivity index (χ2n) is 25.3. The summed E-state index contributed by atoms with van der Waals surface area (Å²) in [6.45, 7) is 32.7. The highest BCUT2D eigenvalue weighted by molar-refractivity contribution is 6.90. The van der Waals surface area contributed by atoms with Crippen LogP contribution in [0.3, 0.4) is 0 Å². The lowest BCUT2D eigenvalue weighted by molar-refractivity contribution is 0.569. The summed E-state index contributed by atoms with van der Waals surface area (Å²) in [5.41, 5.74) is 26.0. The number of fused-ring (bicyclic) bond motifs is 14. The van der Waals surface area contributed by atoms with Gasteiger partial charge in [0.05, 0.1) is 22.1 Å². The van der Waals surface area contributed by atoms with Gasteiger partial charge in [0, 0.05) is 60.3 Å². The molecular weight excluding hydrogens is 846 g/mol. The molecule has 5 heterocycles. The predicted molar refractivity (Wildman–Crippen MR) is 304 cm³/mol. The number of benzene rings is 8. The van der Waals surface area contributed by atoms with Crippen molar-refractivity contribution in [1.82, 2.24) is 13.6 Å². The molecule has 0 radical (unpaired) electrons. The minimum atomic E-state index is -0.0781. The first-order chi connectivity index (χ1) is 33.1. The highest BCUT2D eigenvalue weighted by Gasteiger charge is 2.43. The largest absolute Gasteiger partial charge is 0.375 e. The Morgan fingerprint density at radius 2 is 0.943 bits per heavy atom. The van der Waals surface area contributed by atoms with Gasteiger partial charge in [0.25, 0.3) is 0 Å². The molecule has 2 aliphatic heterocycles. The van der Waals surface area contributed by atoms with Crippen LogP contribution in [0.2, 0.25) is 0 Å². The molecule has 0 fully saturated rings. The normalized spacial score (nSPS) is 13.8. The zero-order chi connectivity index (χ0) is 48.9. The molecule has 0 unspecified atom stereocenters. The van der Waals surface area contributed by atoms with Crippen LogP contribution in [0.5, 0.6) is 0 Å². The van der Waals surface area contributed by atoms with Crippen LogP contribution in [0.4, 0.5) is 0 Å². The molecule has 3 aromatic heterocycles. The van der Waals surface area contributed by atoms with Crippen LogP contribution in [0.25, 0.3) is 99.0 Å². The molecule has 3 nitrogen and oxygen atoms in total. The predicted octanol–water partition coefficient (Wildman–Crippen LogP) is 16.4. The molecule has 0 N–H and O–H groups in total. The fourth-order valence-corrected chi connectivity index (χ4v) is 12.6. The van der Waals surface area contributed by atoms with Gasteiger partial charge in [-0.25, -0.2) is 0 Å². The maximum absolute atomic E-state index is 2.77. The first kappa shape index (κ1) is 43.3. The lowest BCUT2D eigenvalue weighted by atomic mass is 9.45. The van der Waals surface area contributed by atoms with Crippen LogP contribution in [-0.2, 0) is 21.7 Å². The van der Waals surface area contributed by atoms with E-state index in [-0.39, 0.29) is 28.5 Å². The number of rotatable bonds is 2. The highest BCUT2D eigenvalue weighted by Crippen LogP contribution is 2.49. The summed E-state index contributed by atoms with van der Waals surface area (Å²) in [5, 5.41) is 7.87.